The number of nitrogens with one attached hydrogen (secondary N) is 1. The summed E-state index contributed by atoms with van der Waals surface area (Å²) in [5.41, 5.74) is 2.38. The number of methoxy groups -OCH3 is 1. The molecule has 0 atom stereocenters. The van der Waals surface area contributed by atoms with Crippen LogP contribution in [0.15, 0.2) is 46.9 Å². The fourth-order valence-electron chi connectivity index (χ4n) is 2.07. The Bertz CT molecular complexity index is 575. The fourth-order valence-corrected chi connectivity index (χ4v) is 2.48. The minimum Gasteiger partial charge on any atom is -0.497 e. The van der Waals surface area contributed by atoms with E-state index in [4.69, 9.17) is 9.47 Å². The Morgan fingerprint density at radius 2 is 1.77 bits per heavy atom. The van der Waals surface area contributed by atoms with E-state index in [0.717, 1.165) is 34.6 Å². The van der Waals surface area contributed by atoms with Gasteiger partial charge in [0.15, 0.2) is 0 Å². The van der Waals surface area contributed by atoms with E-state index >= 15 is 0 Å². The van der Waals surface area contributed by atoms with Gasteiger partial charge in [0.05, 0.1) is 13.7 Å². The van der Waals surface area contributed by atoms with E-state index in [1.807, 2.05) is 31.2 Å². The Balaban J connectivity index is 0.00000242. The van der Waals surface area contributed by atoms with Crippen molar-refractivity contribution in [1.29, 1.82) is 0 Å². The van der Waals surface area contributed by atoms with Crippen molar-refractivity contribution in [3.63, 3.8) is 0 Å². The normalized spacial score (nSPS) is 9.95. The molecule has 0 aliphatic rings. The van der Waals surface area contributed by atoms with Crippen LogP contribution < -0.4 is 14.8 Å². The third kappa shape index (κ3) is 5.52. The lowest BCUT2D eigenvalue weighted by atomic mass is 10.2. The van der Waals surface area contributed by atoms with Crippen molar-refractivity contribution in [3.8, 4) is 11.5 Å². The summed E-state index contributed by atoms with van der Waals surface area (Å²) in [5, 5.41) is 3.44. The quantitative estimate of drug-likeness (QED) is 0.756. The molecule has 1 N–H and O–H groups in total. The molecule has 0 radical (unpaired) electrons. The zero-order chi connectivity index (χ0) is 15.1. The molecule has 0 saturated carbocycles. The summed E-state index contributed by atoms with van der Waals surface area (Å²) in [6.45, 7) is 4.24. The lowest BCUT2D eigenvalue weighted by Crippen LogP contribution is -2.13. The van der Waals surface area contributed by atoms with Crippen LogP contribution in [0.5, 0.6) is 11.5 Å². The lowest BCUT2D eigenvalue weighted by Gasteiger charge is -2.12. The summed E-state index contributed by atoms with van der Waals surface area (Å²) in [6.07, 6.45) is 0. The van der Waals surface area contributed by atoms with E-state index in [1.165, 1.54) is 5.56 Å². The van der Waals surface area contributed by atoms with Crippen LogP contribution in [-0.2, 0) is 13.1 Å². The van der Waals surface area contributed by atoms with Gasteiger partial charge in [0.1, 0.15) is 11.5 Å². The van der Waals surface area contributed by atoms with Crippen LogP contribution in [-0.4, -0.2) is 13.7 Å². The number of ether oxygens (including phenoxy) is 2. The van der Waals surface area contributed by atoms with Gasteiger partial charge in [-0.15, -0.1) is 12.4 Å². The number of rotatable bonds is 7. The monoisotopic (exact) mass is 385 g/mol. The first-order valence-electron chi connectivity index (χ1n) is 6.97. The van der Waals surface area contributed by atoms with Crippen LogP contribution in [0.4, 0.5) is 0 Å². The molecule has 0 aliphatic heterocycles. The van der Waals surface area contributed by atoms with E-state index in [0.29, 0.717) is 6.61 Å². The van der Waals surface area contributed by atoms with Crippen molar-refractivity contribution in [1.82, 2.24) is 5.32 Å². The summed E-state index contributed by atoms with van der Waals surface area (Å²) in [6, 6.07) is 14.2. The molecule has 0 heterocycles. The van der Waals surface area contributed by atoms with Crippen LogP contribution in [0.1, 0.15) is 18.1 Å². The average molecular weight is 387 g/mol. The molecule has 0 fully saturated rings. The van der Waals surface area contributed by atoms with Crippen molar-refractivity contribution >= 4 is 28.3 Å². The number of hydrogen-bond donors (Lipinski definition) is 1. The lowest BCUT2D eigenvalue weighted by molar-refractivity contribution is 0.335. The van der Waals surface area contributed by atoms with E-state index in [2.05, 4.69) is 39.4 Å². The maximum absolute atomic E-state index is 5.65. The first kappa shape index (κ1) is 18.8. The number of halogens is 2. The van der Waals surface area contributed by atoms with Gasteiger partial charge in [-0.1, -0.05) is 28.1 Å². The molecule has 2 aromatic carbocycles. The molecule has 5 heteroatoms. The van der Waals surface area contributed by atoms with Gasteiger partial charge in [0.2, 0.25) is 0 Å². The molecule has 0 spiro atoms. The predicted molar refractivity (Wildman–Crippen MR) is 96.1 cm³/mol. The molecule has 2 rings (SSSR count). The SMILES string of the molecule is CCOc1ccc(Br)cc1CNCc1ccc(OC)cc1.Cl. The molecule has 0 saturated heterocycles. The molecule has 3 nitrogen and oxygen atoms in total. The summed E-state index contributed by atoms with van der Waals surface area (Å²) in [4.78, 5) is 0. The average Bonchev–Trinajstić information content (AvgIpc) is 2.51. The Labute approximate surface area is 146 Å². The van der Waals surface area contributed by atoms with Gasteiger partial charge >= 0.3 is 0 Å². The third-order valence-corrected chi connectivity index (χ3v) is 3.62. The topological polar surface area (TPSA) is 30.5 Å². The molecular weight excluding hydrogens is 366 g/mol. The van der Waals surface area contributed by atoms with Crippen molar-refractivity contribution in [2.24, 2.45) is 0 Å². The van der Waals surface area contributed by atoms with E-state index in [9.17, 15) is 0 Å². The molecule has 0 unspecified atom stereocenters. The van der Waals surface area contributed by atoms with Gasteiger partial charge in [-0.2, -0.15) is 0 Å². The van der Waals surface area contributed by atoms with Crippen molar-refractivity contribution < 1.29 is 9.47 Å². The Morgan fingerprint density at radius 3 is 2.41 bits per heavy atom. The van der Waals surface area contributed by atoms with Crippen LogP contribution in [0.25, 0.3) is 0 Å². The van der Waals surface area contributed by atoms with Gasteiger partial charge in [-0.05, 0) is 42.8 Å². The van der Waals surface area contributed by atoms with Crippen LogP contribution in [0, 0.1) is 0 Å². The highest BCUT2D eigenvalue weighted by atomic mass is 79.9. The Morgan fingerprint density at radius 1 is 1.05 bits per heavy atom. The van der Waals surface area contributed by atoms with Crippen LogP contribution in [0.2, 0.25) is 0 Å². The van der Waals surface area contributed by atoms with E-state index in [-0.39, 0.29) is 12.4 Å². The summed E-state index contributed by atoms with van der Waals surface area (Å²) >= 11 is 3.50. The largest absolute Gasteiger partial charge is 0.497 e. The number of hydrogen-bond acceptors (Lipinski definition) is 3. The molecule has 0 aromatic heterocycles. The second kappa shape index (κ2) is 9.72. The minimum absolute atomic E-state index is 0. The highest BCUT2D eigenvalue weighted by molar-refractivity contribution is 9.10. The third-order valence-electron chi connectivity index (χ3n) is 3.13. The van der Waals surface area contributed by atoms with E-state index in [1.54, 1.807) is 7.11 Å². The van der Waals surface area contributed by atoms with Gasteiger partial charge in [-0.3, -0.25) is 0 Å². The second-order valence-electron chi connectivity index (χ2n) is 4.64. The maximum Gasteiger partial charge on any atom is 0.123 e. The molecular formula is C17H21BrClNO2. The Hall–Kier alpha value is -1.23. The summed E-state index contributed by atoms with van der Waals surface area (Å²) in [7, 11) is 1.68. The molecule has 22 heavy (non-hydrogen) atoms. The molecule has 0 aliphatic carbocycles. The second-order valence-corrected chi connectivity index (χ2v) is 5.55. The molecule has 120 valence electrons. The van der Waals surface area contributed by atoms with Gasteiger partial charge in [0.25, 0.3) is 0 Å². The zero-order valence-electron chi connectivity index (χ0n) is 12.8. The fraction of sp³-hybridized carbons (Fsp3) is 0.294. The summed E-state index contributed by atoms with van der Waals surface area (Å²) < 4.78 is 11.9. The molecule has 0 bridgehead atoms. The van der Waals surface area contributed by atoms with E-state index < -0.39 is 0 Å². The number of benzene rings is 2. The van der Waals surface area contributed by atoms with Crippen molar-refractivity contribution in [3.05, 3.63) is 58.1 Å². The first-order chi connectivity index (χ1) is 10.2. The zero-order valence-corrected chi connectivity index (χ0v) is 15.2. The van der Waals surface area contributed by atoms with Crippen molar-refractivity contribution in [2.75, 3.05) is 13.7 Å². The molecule has 0 amide bonds. The van der Waals surface area contributed by atoms with Gasteiger partial charge in [0, 0.05) is 23.1 Å². The first-order valence-corrected chi connectivity index (χ1v) is 7.77. The van der Waals surface area contributed by atoms with Gasteiger partial charge in [-0.25, -0.2) is 0 Å². The maximum atomic E-state index is 5.65. The van der Waals surface area contributed by atoms with Crippen LogP contribution in [0.3, 0.4) is 0 Å². The minimum atomic E-state index is 0. The Kier molecular flexibility index (Phi) is 8.31. The van der Waals surface area contributed by atoms with Gasteiger partial charge < -0.3 is 14.8 Å². The highest BCUT2D eigenvalue weighted by Crippen LogP contribution is 2.23. The summed E-state index contributed by atoms with van der Waals surface area (Å²) in [5.74, 6) is 1.81. The van der Waals surface area contributed by atoms with Crippen LogP contribution >= 0.6 is 28.3 Å². The smallest absolute Gasteiger partial charge is 0.123 e. The molecule has 2 aromatic rings. The van der Waals surface area contributed by atoms with Crippen molar-refractivity contribution in [2.45, 2.75) is 20.0 Å². The standard InChI is InChI=1S/C17H20BrNO2.ClH/c1-3-21-17-9-6-15(18)10-14(17)12-19-11-13-4-7-16(20-2)8-5-13;/h4-10,19H,3,11-12H2,1-2H3;1H. The highest BCUT2D eigenvalue weighted by Gasteiger charge is 2.04. The predicted octanol–water partition coefficient (Wildman–Crippen LogP) is 4.57.